The summed E-state index contributed by atoms with van der Waals surface area (Å²) in [6.07, 6.45) is 1.55. The molecule has 0 aliphatic heterocycles. The van der Waals surface area contributed by atoms with Gasteiger partial charge in [-0.3, -0.25) is 0 Å². The molecule has 0 radical (unpaired) electrons. The number of nitrogens with one attached hydrogen (secondary N) is 1. The standard InChI is InChI=1S/C15H12ClN3/c1-10-2-5-12(6-3-10)19-15-13-8-11(16)4-7-14(13)17-9-18-15/h2-9H,1H3,(H,17,18,19). The maximum Gasteiger partial charge on any atom is 0.141 e. The summed E-state index contributed by atoms with van der Waals surface area (Å²) in [5, 5.41) is 4.88. The van der Waals surface area contributed by atoms with E-state index in [-0.39, 0.29) is 0 Å². The molecule has 1 aromatic heterocycles. The minimum Gasteiger partial charge on any atom is -0.340 e. The first-order chi connectivity index (χ1) is 9.22. The zero-order valence-electron chi connectivity index (χ0n) is 10.4. The van der Waals surface area contributed by atoms with Crippen LogP contribution < -0.4 is 5.32 Å². The molecule has 19 heavy (non-hydrogen) atoms. The van der Waals surface area contributed by atoms with Gasteiger partial charge in [0, 0.05) is 16.1 Å². The third kappa shape index (κ3) is 2.51. The van der Waals surface area contributed by atoms with E-state index in [1.165, 1.54) is 5.56 Å². The van der Waals surface area contributed by atoms with E-state index in [2.05, 4.69) is 34.3 Å². The first kappa shape index (κ1) is 11.9. The molecule has 2 aromatic carbocycles. The number of aromatic nitrogens is 2. The van der Waals surface area contributed by atoms with E-state index in [1.807, 2.05) is 30.3 Å². The van der Waals surface area contributed by atoms with E-state index in [0.717, 1.165) is 22.4 Å². The van der Waals surface area contributed by atoms with Crippen LogP contribution >= 0.6 is 11.6 Å². The van der Waals surface area contributed by atoms with E-state index >= 15 is 0 Å². The molecule has 94 valence electrons. The average Bonchev–Trinajstić information content (AvgIpc) is 2.42. The van der Waals surface area contributed by atoms with Gasteiger partial charge in [-0.1, -0.05) is 29.3 Å². The largest absolute Gasteiger partial charge is 0.340 e. The lowest BCUT2D eigenvalue weighted by Gasteiger charge is -2.08. The van der Waals surface area contributed by atoms with Gasteiger partial charge in [-0.2, -0.15) is 0 Å². The van der Waals surface area contributed by atoms with Crippen molar-refractivity contribution in [2.45, 2.75) is 6.92 Å². The molecule has 1 N–H and O–H groups in total. The van der Waals surface area contributed by atoms with E-state index in [0.29, 0.717) is 5.02 Å². The van der Waals surface area contributed by atoms with Gasteiger partial charge in [0.1, 0.15) is 12.1 Å². The number of rotatable bonds is 2. The van der Waals surface area contributed by atoms with Crippen molar-refractivity contribution in [2.75, 3.05) is 5.32 Å². The first-order valence-electron chi connectivity index (χ1n) is 5.96. The van der Waals surface area contributed by atoms with Crippen molar-refractivity contribution in [1.29, 1.82) is 0 Å². The molecule has 0 saturated heterocycles. The fraction of sp³-hybridized carbons (Fsp3) is 0.0667. The van der Waals surface area contributed by atoms with Crippen molar-refractivity contribution in [3.63, 3.8) is 0 Å². The van der Waals surface area contributed by atoms with Gasteiger partial charge in [0.05, 0.1) is 5.52 Å². The number of halogens is 1. The van der Waals surface area contributed by atoms with Gasteiger partial charge in [-0.25, -0.2) is 9.97 Å². The predicted octanol–water partition coefficient (Wildman–Crippen LogP) is 4.34. The number of fused-ring (bicyclic) bond motifs is 1. The second-order valence-electron chi connectivity index (χ2n) is 4.37. The Kier molecular flexibility index (Phi) is 3.05. The molecule has 1 heterocycles. The predicted molar refractivity (Wildman–Crippen MR) is 79.0 cm³/mol. The molecular formula is C15H12ClN3. The highest BCUT2D eigenvalue weighted by Crippen LogP contribution is 2.25. The Hall–Kier alpha value is -2.13. The number of benzene rings is 2. The lowest BCUT2D eigenvalue weighted by molar-refractivity contribution is 1.22. The molecule has 0 unspecified atom stereocenters. The second-order valence-corrected chi connectivity index (χ2v) is 4.81. The number of aryl methyl sites for hydroxylation is 1. The number of hydrogen-bond acceptors (Lipinski definition) is 3. The van der Waals surface area contributed by atoms with Crippen LogP contribution in [0.15, 0.2) is 48.8 Å². The summed E-state index contributed by atoms with van der Waals surface area (Å²) in [6, 6.07) is 13.7. The third-order valence-electron chi connectivity index (χ3n) is 2.91. The van der Waals surface area contributed by atoms with Crippen LogP contribution in [-0.2, 0) is 0 Å². The topological polar surface area (TPSA) is 37.8 Å². The number of anilines is 2. The van der Waals surface area contributed by atoms with Gasteiger partial charge in [0.2, 0.25) is 0 Å². The Bertz CT molecular complexity index is 723. The monoisotopic (exact) mass is 269 g/mol. The van der Waals surface area contributed by atoms with Gasteiger partial charge in [0.15, 0.2) is 0 Å². The average molecular weight is 270 g/mol. The van der Waals surface area contributed by atoms with E-state index in [4.69, 9.17) is 11.6 Å². The molecular weight excluding hydrogens is 258 g/mol. The van der Waals surface area contributed by atoms with Crippen molar-refractivity contribution in [3.8, 4) is 0 Å². The number of nitrogens with zero attached hydrogens (tertiary/aromatic N) is 2. The minimum absolute atomic E-state index is 0.675. The molecule has 0 aliphatic rings. The zero-order valence-corrected chi connectivity index (χ0v) is 11.1. The highest BCUT2D eigenvalue weighted by molar-refractivity contribution is 6.31. The minimum atomic E-state index is 0.675. The maximum atomic E-state index is 6.03. The Morgan fingerprint density at radius 3 is 2.58 bits per heavy atom. The summed E-state index contributed by atoms with van der Waals surface area (Å²) < 4.78 is 0. The number of hydrogen-bond donors (Lipinski definition) is 1. The summed E-state index contributed by atoms with van der Waals surface area (Å²) in [6.45, 7) is 2.06. The second kappa shape index (κ2) is 4.86. The van der Waals surface area contributed by atoms with Crippen molar-refractivity contribution < 1.29 is 0 Å². The van der Waals surface area contributed by atoms with Crippen molar-refractivity contribution in [2.24, 2.45) is 0 Å². The third-order valence-corrected chi connectivity index (χ3v) is 3.15. The van der Waals surface area contributed by atoms with Crippen molar-refractivity contribution >= 4 is 34.0 Å². The van der Waals surface area contributed by atoms with E-state index in [1.54, 1.807) is 6.33 Å². The van der Waals surface area contributed by atoms with Crippen LogP contribution in [0.4, 0.5) is 11.5 Å². The lowest BCUT2D eigenvalue weighted by Crippen LogP contribution is -1.95. The van der Waals surface area contributed by atoms with Gasteiger partial charge in [-0.05, 0) is 37.3 Å². The molecule has 0 spiro atoms. The fourth-order valence-corrected chi connectivity index (χ4v) is 2.07. The zero-order chi connectivity index (χ0) is 13.2. The smallest absolute Gasteiger partial charge is 0.141 e. The molecule has 3 nitrogen and oxygen atoms in total. The quantitative estimate of drug-likeness (QED) is 0.752. The summed E-state index contributed by atoms with van der Waals surface area (Å²) in [7, 11) is 0. The van der Waals surface area contributed by atoms with Gasteiger partial charge < -0.3 is 5.32 Å². The molecule has 0 bridgehead atoms. The van der Waals surface area contributed by atoms with Crippen molar-refractivity contribution in [3.05, 3.63) is 59.4 Å². The van der Waals surface area contributed by atoms with Crippen LogP contribution in [0.5, 0.6) is 0 Å². The Labute approximate surface area is 116 Å². The van der Waals surface area contributed by atoms with Crippen LogP contribution in [0.2, 0.25) is 5.02 Å². The van der Waals surface area contributed by atoms with Crippen LogP contribution in [0.1, 0.15) is 5.56 Å². The van der Waals surface area contributed by atoms with Gasteiger partial charge in [-0.15, -0.1) is 0 Å². The van der Waals surface area contributed by atoms with Crippen LogP contribution in [0.25, 0.3) is 10.9 Å². The molecule has 4 heteroatoms. The lowest BCUT2D eigenvalue weighted by atomic mass is 10.2. The normalized spacial score (nSPS) is 10.6. The maximum absolute atomic E-state index is 6.03. The van der Waals surface area contributed by atoms with Gasteiger partial charge >= 0.3 is 0 Å². The fourth-order valence-electron chi connectivity index (χ4n) is 1.90. The molecule has 0 saturated carbocycles. The molecule has 0 aliphatic carbocycles. The highest BCUT2D eigenvalue weighted by atomic mass is 35.5. The summed E-state index contributed by atoms with van der Waals surface area (Å²) in [5.41, 5.74) is 3.08. The molecule has 3 aromatic rings. The van der Waals surface area contributed by atoms with Crippen molar-refractivity contribution in [1.82, 2.24) is 9.97 Å². The Morgan fingerprint density at radius 2 is 1.79 bits per heavy atom. The summed E-state index contributed by atoms with van der Waals surface area (Å²) in [5.74, 6) is 0.761. The van der Waals surface area contributed by atoms with Crippen LogP contribution in [0.3, 0.4) is 0 Å². The first-order valence-corrected chi connectivity index (χ1v) is 6.34. The highest BCUT2D eigenvalue weighted by Gasteiger charge is 2.04. The SMILES string of the molecule is Cc1ccc(Nc2ncnc3ccc(Cl)cc23)cc1. The Balaban J connectivity index is 2.05. The van der Waals surface area contributed by atoms with Gasteiger partial charge in [0.25, 0.3) is 0 Å². The molecule has 0 fully saturated rings. The van der Waals surface area contributed by atoms with E-state index in [9.17, 15) is 0 Å². The van der Waals surface area contributed by atoms with Crippen LogP contribution in [-0.4, -0.2) is 9.97 Å². The molecule has 0 atom stereocenters. The van der Waals surface area contributed by atoms with Crippen LogP contribution in [0, 0.1) is 6.92 Å². The van der Waals surface area contributed by atoms with E-state index < -0.39 is 0 Å². The molecule has 0 amide bonds. The summed E-state index contributed by atoms with van der Waals surface area (Å²) >= 11 is 6.03. The molecule has 3 rings (SSSR count). The Morgan fingerprint density at radius 1 is 1.00 bits per heavy atom. The summed E-state index contributed by atoms with van der Waals surface area (Å²) in [4.78, 5) is 8.51.